The summed E-state index contributed by atoms with van der Waals surface area (Å²) in [6.45, 7) is 4.36. The first kappa shape index (κ1) is 17.7. The molecule has 0 heterocycles. The van der Waals surface area contributed by atoms with Gasteiger partial charge in [0.15, 0.2) is 5.11 Å². The van der Waals surface area contributed by atoms with E-state index in [1.54, 1.807) is 0 Å². The van der Waals surface area contributed by atoms with E-state index in [0.717, 1.165) is 18.5 Å². The molecule has 1 aliphatic rings. The third kappa shape index (κ3) is 3.24. The highest BCUT2D eigenvalue weighted by Gasteiger charge is 2.28. The van der Waals surface area contributed by atoms with Gasteiger partial charge in [0.1, 0.15) is 0 Å². The topological polar surface area (TPSA) is 24.1 Å². The minimum atomic E-state index is 0.0799. The molecule has 0 aromatic heterocycles. The van der Waals surface area contributed by atoms with Gasteiger partial charge >= 0.3 is 0 Å². The van der Waals surface area contributed by atoms with Crippen molar-refractivity contribution in [2.45, 2.75) is 32.7 Å². The quantitative estimate of drug-likeness (QED) is 0.560. The molecule has 2 nitrogen and oxygen atoms in total. The van der Waals surface area contributed by atoms with Gasteiger partial charge in [-0.25, -0.2) is 0 Å². The molecule has 3 aromatic carbocycles. The highest BCUT2D eigenvalue weighted by atomic mass is 32.1. The molecule has 2 N–H and O–H groups in total. The van der Waals surface area contributed by atoms with E-state index in [-0.39, 0.29) is 6.04 Å². The SMILES string of the molecule is CCc1cccc(CC)c1NC(=S)NC1c2ccccc2-c2ccccc21. The molecule has 0 unspecified atom stereocenters. The summed E-state index contributed by atoms with van der Waals surface area (Å²) in [5.74, 6) is 0. The number of aryl methyl sites for hydroxylation is 2. The summed E-state index contributed by atoms with van der Waals surface area (Å²) in [6, 6.07) is 23.7. The zero-order chi connectivity index (χ0) is 18.8. The summed E-state index contributed by atoms with van der Waals surface area (Å²) in [7, 11) is 0. The zero-order valence-electron chi connectivity index (χ0n) is 15.8. The first-order valence-corrected chi connectivity index (χ1v) is 10.00. The maximum absolute atomic E-state index is 5.72. The molecular weight excluding hydrogens is 348 g/mol. The van der Waals surface area contributed by atoms with Crippen LogP contribution in [0.3, 0.4) is 0 Å². The van der Waals surface area contributed by atoms with Gasteiger partial charge in [-0.05, 0) is 58.4 Å². The standard InChI is InChI=1S/C24H24N2S/c1-3-16-10-9-11-17(4-2)22(16)25-24(27)26-23-20-14-7-5-12-18(20)19-13-6-8-15-21(19)23/h5-15,23H,3-4H2,1-2H3,(H2,25,26,27). The molecule has 3 heteroatoms. The molecule has 4 rings (SSSR count). The van der Waals surface area contributed by atoms with E-state index < -0.39 is 0 Å². The third-order valence-corrected chi connectivity index (χ3v) is 5.57. The Labute approximate surface area is 166 Å². The van der Waals surface area contributed by atoms with Crippen molar-refractivity contribution in [3.05, 3.63) is 89.0 Å². The fourth-order valence-electron chi connectivity index (χ4n) is 3.99. The summed E-state index contributed by atoms with van der Waals surface area (Å²) in [5, 5.41) is 7.72. The summed E-state index contributed by atoms with van der Waals surface area (Å²) in [4.78, 5) is 0. The number of para-hydroxylation sites is 1. The van der Waals surface area contributed by atoms with Crippen LogP contribution >= 0.6 is 12.2 Å². The maximum Gasteiger partial charge on any atom is 0.171 e. The number of nitrogens with one attached hydrogen (secondary N) is 2. The predicted molar refractivity (Wildman–Crippen MR) is 118 cm³/mol. The monoisotopic (exact) mass is 372 g/mol. The van der Waals surface area contributed by atoms with Crippen LogP contribution in [0.1, 0.15) is 42.1 Å². The first-order valence-electron chi connectivity index (χ1n) is 9.59. The van der Waals surface area contributed by atoms with Gasteiger partial charge in [0.25, 0.3) is 0 Å². The van der Waals surface area contributed by atoms with Crippen LogP contribution in [0.4, 0.5) is 5.69 Å². The Bertz CT molecular complexity index is 925. The molecule has 0 bridgehead atoms. The average Bonchev–Trinajstić information content (AvgIpc) is 3.02. The van der Waals surface area contributed by atoms with E-state index in [0.29, 0.717) is 5.11 Å². The van der Waals surface area contributed by atoms with Crippen LogP contribution in [-0.2, 0) is 12.8 Å². The van der Waals surface area contributed by atoms with Gasteiger partial charge in [-0.15, -0.1) is 0 Å². The van der Waals surface area contributed by atoms with E-state index in [1.807, 2.05) is 0 Å². The number of fused-ring (bicyclic) bond motifs is 3. The fraction of sp³-hybridized carbons (Fsp3) is 0.208. The van der Waals surface area contributed by atoms with Crippen LogP contribution < -0.4 is 10.6 Å². The van der Waals surface area contributed by atoms with Crippen LogP contribution in [0.2, 0.25) is 0 Å². The molecule has 0 aliphatic heterocycles. The van der Waals surface area contributed by atoms with E-state index in [2.05, 4.69) is 91.2 Å². The lowest BCUT2D eigenvalue weighted by atomic mass is 10.0. The van der Waals surface area contributed by atoms with Gasteiger partial charge in [0.05, 0.1) is 6.04 Å². The number of rotatable bonds is 4. The van der Waals surface area contributed by atoms with E-state index in [4.69, 9.17) is 12.2 Å². The lowest BCUT2D eigenvalue weighted by Crippen LogP contribution is -2.32. The van der Waals surface area contributed by atoms with Crippen molar-refractivity contribution < 1.29 is 0 Å². The van der Waals surface area contributed by atoms with Crippen LogP contribution in [0.15, 0.2) is 66.7 Å². The highest BCUT2D eigenvalue weighted by Crippen LogP contribution is 2.43. The van der Waals surface area contributed by atoms with Gasteiger partial charge in [-0.3, -0.25) is 0 Å². The van der Waals surface area contributed by atoms with Gasteiger partial charge < -0.3 is 10.6 Å². The van der Waals surface area contributed by atoms with Crippen molar-refractivity contribution in [2.24, 2.45) is 0 Å². The van der Waals surface area contributed by atoms with Crippen molar-refractivity contribution in [1.82, 2.24) is 5.32 Å². The lowest BCUT2D eigenvalue weighted by molar-refractivity contribution is 0.789. The average molecular weight is 373 g/mol. The molecule has 136 valence electrons. The molecule has 0 fully saturated rings. The number of anilines is 1. The van der Waals surface area contributed by atoms with Crippen LogP contribution in [0, 0.1) is 0 Å². The van der Waals surface area contributed by atoms with Crippen molar-refractivity contribution in [3.63, 3.8) is 0 Å². The summed E-state index contributed by atoms with van der Waals surface area (Å²) in [6.07, 6.45) is 1.96. The molecule has 0 radical (unpaired) electrons. The molecule has 0 saturated heterocycles. The highest BCUT2D eigenvalue weighted by molar-refractivity contribution is 7.80. The van der Waals surface area contributed by atoms with Crippen molar-refractivity contribution in [1.29, 1.82) is 0 Å². The largest absolute Gasteiger partial charge is 0.351 e. The predicted octanol–water partition coefficient (Wildman–Crippen LogP) is 5.87. The van der Waals surface area contributed by atoms with E-state index in [9.17, 15) is 0 Å². The first-order chi connectivity index (χ1) is 13.2. The van der Waals surface area contributed by atoms with Gasteiger partial charge in [0.2, 0.25) is 0 Å². The molecule has 3 aromatic rings. The van der Waals surface area contributed by atoms with Crippen LogP contribution in [0.25, 0.3) is 11.1 Å². The molecule has 0 saturated carbocycles. The van der Waals surface area contributed by atoms with E-state index in [1.165, 1.54) is 33.4 Å². The van der Waals surface area contributed by atoms with Crippen LogP contribution in [0.5, 0.6) is 0 Å². The minimum absolute atomic E-state index is 0.0799. The van der Waals surface area contributed by atoms with Crippen LogP contribution in [-0.4, -0.2) is 5.11 Å². The number of thiocarbonyl (C=S) groups is 1. The Morgan fingerprint density at radius 3 is 1.81 bits per heavy atom. The second-order valence-corrected chi connectivity index (χ2v) is 7.27. The minimum Gasteiger partial charge on any atom is -0.351 e. The third-order valence-electron chi connectivity index (χ3n) is 5.35. The van der Waals surface area contributed by atoms with Crippen molar-refractivity contribution in [3.8, 4) is 11.1 Å². The fourth-order valence-corrected chi connectivity index (χ4v) is 4.21. The molecule has 0 amide bonds. The molecule has 0 atom stereocenters. The Morgan fingerprint density at radius 2 is 1.30 bits per heavy atom. The van der Waals surface area contributed by atoms with Gasteiger partial charge in [0, 0.05) is 5.69 Å². The molecule has 27 heavy (non-hydrogen) atoms. The number of hydrogen-bond acceptors (Lipinski definition) is 1. The summed E-state index contributed by atoms with van der Waals surface area (Å²) < 4.78 is 0. The Morgan fingerprint density at radius 1 is 0.778 bits per heavy atom. The lowest BCUT2D eigenvalue weighted by Gasteiger charge is -2.21. The van der Waals surface area contributed by atoms with Crippen molar-refractivity contribution in [2.75, 3.05) is 5.32 Å². The second kappa shape index (κ2) is 7.53. The normalized spacial score (nSPS) is 12.4. The maximum atomic E-state index is 5.72. The van der Waals surface area contributed by atoms with Crippen molar-refractivity contribution >= 4 is 23.0 Å². The Kier molecular flexibility index (Phi) is 4.95. The number of hydrogen-bond donors (Lipinski definition) is 2. The zero-order valence-corrected chi connectivity index (χ0v) is 16.6. The molecular formula is C24H24N2S. The summed E-state index contributed by atoms with van der Waals surface area (Å²) >= 11 is 5.72. The number of benzene rings is 3. The Balaban J connectivity index is 1.63. The smallest absolute Gasteiger partial charge is 0.171 e. The van der Waals surface area contributed by atoms with Gasteiger partial charge in [-0.2, -0.15) is 0 Å². The molecule has 0 spiro atoms. The molecule has 1 aliphatic carbocycles. The second-order valence-electron chi connectivity index (χ2n) is 6.86. The van der Waals surface area contributed by atoms with E-state index >= 15 is 0 Å². The Hall–Kier alpha value is -2.65. The summed E-state index contributed by atoms with van der Waals surface area (Å²) in [5.41, 5.74) is 8.88. The van der Waals surface area contributed by atoms with Gasteiger partial charge in [-0.1, -0.05) is 80.6 Å².